The fourth-order valence-electron chi connectivity index (χ4n) is 1.74. The molecule has 18 heavy (non-hydrogen) atoms. The molecule has 1 aromatic heterocycles. The van der Waals surface area contributed by atoms with Crippen LogP contribution in [0.5, 0.6) is 0 Å². The Morgan fingerprint density at radius 3 is 2.61 bits per heavy atom. The summed E-state index contributed by atoms with van der Waals surface area (Å²) in [4.78, 5) is 4.12. The maximum Gasteiger partial charge on any atom is 0.0681 e. The lowest BCUT2D eigenvalue weighted by Gasteiger charge is -2.06. The third kappa shape index (κ3) is 3.91. The van der Waals surface area contributed by atoms with E-state index in [1.54, 1.807) is 6.20 Å². The average Bonchev–Trinajstić information content (AvgIpc) is 2.39. The van der Waals surface area contributed by atoms with Gasteiger partial charge in [0.2, 0.25) is 0 Å². The van der Waals surface area contributed by atoms with Gasteiger partial charge in [0.25, 0.3) is 0 Å². The number of hydrogen-bond acceptors (Lipinski definition) is 3. The molecular weight excluding hydrogens is 292 g/mol. The van der Waals surface area contributed by atoms with Gasteiger partial charge in [-0.05, 0) is 38.7 Å². The second-order valence-electron chi connectivity index (χ2n) is 4.09. The van der Waals surface area contributed by atoms with Gasteiger partial charge in [0, 0.05) is 30.0 Å². The van der Waals surface area contributed by atoms with Crippen LogP contribution in [0.1, 0.15) is 16.7 Å². The van der Waals surface area contributed by atoms with Crippen molar-refractivity contribution in [1.29, 1.82) is 0 Å². The molecule has 0 amide bonds. The number of nitrogens with zero attached hydrogens (tertiary/aromatic N) is 1. The number of aromatic nitrogens is 1. The molecule has 0 radical (unpaired) electrons. The van der Waals surface area contributed by atoms with Crippen molar-refractivity contribution in [2.75, 3.05) is 0 Å². The van der Waals surface area contributed by atoms with E-state index in [1.807, 2.05) is 36.5 Å². The van der Waals surface area contributed by atoms with E-state index in [0.29, 0.717) is 0 Å². The van der Waals surface area contributed by atoms with E-state index < -0.39 is 0 Å². The first kappa shape index (κ1) is 13.2. The van der Waals surface area contributed by atoms with Crippen molar-refractivity contribution in [3.8, 4) is 0 Å². The van der Waals surface area contributed by atoms with Crippen LogP contribution in [0.15, 0.2) is 47.2 Å². The zero-order valence-electron chi connectivity index (χ0n) is 9.94. The Hall–Kier alpha value is -1.23. The summed E-state index contributed by atoms with van der Waals surface area (Å²) in [6.07, 6.45) is 3.62. The smallest absolute Gasteiger partial charge is 0.0681 e. The van der Waals surface area contributed by atoms with Crippen molar-refractivity contribution in [3.63, 3.8) is 0 Å². The summed E-state index contributed by atoms with van der Waals surface area (Å²) >= 11 is 3.40. The van der Waals surface area contributed by atoms with Crippen LogP contribution in [0.3, 0.4) is 0 Å². The van der Waals surface area contributed by atoms with Crippen LogP contribution in [0.4, 0.5) is 0 Å². The van der Waals surface area contributed by atoms with E-state index in [4.69, 9.17) is 5.11 Å². The standard InChI is InChI=1S/C14H15BrN2O/c15-14-5-13(8-17-9-14)7-16-6-11-2-1-3-12(4-11)10-18/h1-5,8-9,16,18H,6-7,10H2. The Morgan fingerprint density at radius 1 is 1.06 bits per heavy atom. The largest absolute Gasteiger partial charge is 0.392 e. The van der Waals surface area contributed by atoms with Crippen molar-refractivity contribution in [3.05, 3.63) is 63.9 Å². The quantitative estimate of drug-likeness (QED) is 0.892. The third-order valence-electron chi connectivity index (χ3n) is 2.59. The summed E-state index contributed by atoms with van der Waals surface area (Å²) in [5.41, 5.74) is 3.26. The summed E-state index contributed by atoms with van der Waals surface area (Å²) in [5, 5.41) is 12.4. The first-order valence-electron chi connectivity index (χ1n) is 5.77. The molecule has 0 aliphatic carbocycles. The van der Waals surface area contributed by atoms with Gasteiger partial charge in [-0.2, -0.15) is 0 Å². The predicted molar refractivity (Wildman–Crippen MR) is 74.8 cm³/mol. The van der Waals surface area contributed by atoms with E-state index in [2.05, 4.69) is 26.2 Å². The van der Waals surface area contributed by atoms with E-state index in [0.717, 1.165) is 28.7 Å². The minimum atomic E-state index is 0.0867. The first-order valence-corrected chi connectivity index (χ1v) is 6.56. The highest BCUT2D eigenvalue weighted by Gasteiger charge is 1.97. The monoisotopic (exact) mass is 306 g/mol. The van der Waals surface area contributed by atoms with E-state index in [9.17, 15) is 0 Å². The molecule has 0 unspecified atom stereocenters. The number of aliphatic hydroxyl groups excluding tert-OH is 1. The van der Waals surface area contributed by atoms with Gasteiger partial charge in [-0.1, -0.05) is 24.3 Å². The third-order valence-corrected chi connectivity index (χ3v) is 3.03. The molecule has 0 spiro atoms. The lowest BCUT2D eigenvalue weighted by Crippen LogP contribution is -2.13. The van der Waals surface area contributed by atoms with Crippen LogP contribution in [0.2, 0.25) is 0 Å². The van der Waals surface area contributed by atoms with Crippen molar-refractivity contribution >= 4 is 15.9 Å². The number of nitrogens with one attached hydrogen (secondary N) is 1. The molecule has 0 bridgehead atoms. The Bertz CT molecular complexity index is 517. The molecule has 0 saturated heterocycles. The molecule has 94 valence electrons. The SMILES string of the molecule is OCc1cccc(CNCc2cncc(Br)c2)c1. The normalized spacial score (nSPS) is 10.6. The fraction of sp³-hybridized carbons (Fsp3) is 0.214. The number of pyridine rings is 1. The number of hydrogen-bond donors (Lipinski definition) is 2. The predicted octanol–water partition coefficient (Wildman–Crippen LogP) is 2.63. The van der Waals surface area contributed by atoms with Crippen molar-refractivity contribution in [1.82, 2.24) is 10.3 Å². The van der Waals surface area contributed by atoms with E-state index in [-0.39, 0.29) is 6.61 Å². The van der Waals surface area contributed by atoms with Crippen LogP contribution in [-0.4, -0.2) is 10.1 Å². The van der Waals surface area contributed by atoms with Crippen LogP contribution in [0, 0.1) is 0 Å². The number of aliphatic hydroxyl groups is 1. The second kappa shape index (κ2) is 6.64. The maximum atomic E-state index is 9.06. The van der Waals surface area contributed by atoms with Crippen LogP contribution < -0.4 is 5.32 Å². The van der Waals surface area contributed by atoms with Crippen LogP contribution in [0.25, 0.3) is 0 Å². The highest BCUT2D eigenvalue weighted by Crippen LogP contribution is 2.10. The Balaban J connectivity index is 1.88. The van der Waals surface area contributed by atoms with Crippen molar-refractivity contribution < 1.29 is 5.11 Å². The molecule has 2 aromatic rings. The maximum absolute atomic E-state index is 9.06. The van der Waals surface area contributed by atoms with Gasteiger partial charge < -0.3 is 10.4 Å². The topological polar surface area (TPSA) is 45.1 Å². The lowest BCUT2D eigenvalue weighted by molar-refractivity contribution is 0.281. The number of rotatable bonds is 5. The van der Waals surface area contributed by atoms with Crippen molar-refractivity contribution in [2.45, 2.75) is 19.7 Å². The molecule has 2 rings (SSSR count). The second-order valence-corrected chi connectivity index (χ2v) is 5.01. The Labute approximate surface area is 115 Å². The van der Waals surface area contributed by atoms with Gasteiger partial charge in [0.05, 0.1) is 6.61 Å². The molecule has 3 nitrogen and oxygen atoms in total. The summed E-state index contributed by atoms with van der Waals surface area (Å²) in [5.74, 6) is 0. The van der Waals surface area contributed by atoms with Gasteiger partial charge in [-0.25, -0.2) is 0 Å². The van der Waals surface area contributed by atoms with Gasteiger partial charge >= 0.3 is 0 Å². The summed E-state index contributed by atoms with van der Waals surface area (Å²) in [7, 11) is 0. The van der Waals surface area contributed by atoms with E-state index >= 15 is 0 Å². The van der Waals surface area contributed by atoms with Gasteiger partial charge in [-0.15, -0.1) is 0 Å². The zero-order valence-corrected chi connectivity index (χ0v) is 11.5. The van der Waals surface area contributed by atoms with Crippen molar-refractivity contribution in [2.24, 2.45) is 0 Å². The molecular formula is C14H15BrN2O. The Kier molecular flexibility index (Phi) is 4.87. The van der Waals surface area contributed by atoms with Gasteiger partial charge in [0.15, 0.2) is 0 Å². The first-order chi connectivity index (χ1) is 8.78. The van der Waals surface area contributed by atoms with Gasteiger partial charge in [-0.3, -0.25) is 4.98 Å². The minimum Gasteiger partial charge on any atom is -0.392 e. The Morgan fingerprint density at radius 2 is 1.83 bits per heavy atom. The highest BCUT2D eigenvalue weighted by atomic mass is 79.9. The summed E-state index contributed by atoms with van der Waals surface area (Å²) in [6, 6.07) is 9.98. The molecule has 0 fully saturated rings. The number of benzene rings is 1. The molecule has 0 atom stereocenters. The molecule has 0 aliphatic heterocycles. The number of halogens is 1. The van der Waals surface area contributed by atoms with Crippen LogP contribution >= 0.6 is 15.9 Å². The lowest BCUT2D eigenvalue weighted by atomic mass is 10.1. The molecule has 4 heteroatoms. The summed E-state index contributed by atoms with van der Waals surface area (Å²) < 4.78 is 0.990. The van der Waals surface area contributed by atoms with Crippen LogP contribution in [-0.2, 0) is 19.7 Å². The minimum absolute atomic E-state index is 0.0867. The summed E-state index contributed by atoms with van der Waals surface area (Å²) in [6.45, 7) is 1.64. The highest BCUT2D eigenvalue weighted by molar-refractivity contribution is 9.10. The van der Waals surface area contributed by atoms with Gasteiger partial charge in [0.1, 0.15) is 0 Å². The molecule has 1 heterocycles. The molecule has 0 aliphatic rings. The molecule has 0 saturated carbocycles. The fourth-order valence-corrected chi connectivity index (χ4v) is 2.15. The van der Waals surface area contributed by atoms with E-state index in [1.165, 1.54) is 5.56 Å². The average molecular weight is 307 g/mol. The zero-order chi connectivity index (χ0) is 12.8. The molecule has 2 N–H and O–H groups in total. The molecule has 1 aromatic carbocycles.